The number of unbranched alkanes of at least 4 members (excludes halogenated alkanes) is 1. The van der Waals surface area contributed by atoms with Crippen molar-refractivity contribution in [1.82, 2.24) is 4.90 Å². The van der Waals surface area contributed by atoms with Crippen LogP contribution < -0.4 is 0 Å². The molecule has 3 aliphatic rings. The minimum absolute atomic E-state index is 0.357. The summed E-state index contributed by atoms with van der Waals surface area (Å²) in [5, 5.41) is 18.8. The third-order valence-electron chi connectivity index (χ3n) is 6.66. The van der Waals surface area contributed by atoms with Gasteiger partial charge in [-0.3, -0.25) is 4.90 Å². The molecule has 2 fully saturated rings. The van der Waals surface area contributed by atoms with Gasteiger partial charge in [-0.05, 0) is 74.4 Å². The van der Waals surface area contributed by atoms with Gasteiger partial charge in [0.1, 0.15) is 5.75 Å². The molecule has 1 heterocycles. The Hall–Kier alpha value is -1.53. The molecule has 2 aliphatic carbocycles. The fourth-order valence-electron chi connectivity index (χ4n) is 5.74. The van der Waals surface area contributed by atoms with Crippen LogP contribution in [0.3, 0.4) is 0 Å². The van der Waals surface area contributed by atoms with Crippen LogP contribution in [0.2, 0.25) is 0 Å². The number of phenols is 1. The van der Waals surface area contributed by atoms with Gasteiger partial charge in [0, 0.05) is 17.9 Å². The summed E-state index contributed by atoms with van der Waals surface area (Å²) in [5.41, 5.74) is 3.27. The minimum atomic E-state index is 0.357. The average molecular weight is 310 g/mol. The minimum Gasteiger partial charge on any atom is -0.508 e. The third kappa shape index (κ3) is 2.35. The summed E-state index contributed by atoms with van der Waals surface area (Å²) in [4.78, 5) is 2.65. The van der Waals surface area contributed by atoms with Gasteiger partial charge in [-0.1, -0.05) is 18.9 Å². The van der Waals surface area contributed by atoms with Crippen LogP contribution in [0, 0.1) is 17.2 Å². The molecule has 122 valence electrons. The number of benzene rings is 1. The van der Waals surface area contributed by atoms with Gasteiger partial charge in [0.2, 0.25) is 0 Å². The number of phenolic OH excluding ortho intramolecular Hbond substituents is 1. The Morgan fingerprint density at radius 2 is 2.22 bits per heavy atom. The van der Waals surface area contributed by atoms with Crippen LogP contribution in [-0.4, -0.2) is 29.1 Å². The summed E-state index contributed by atoms with van der Waals surface area (Å²) < 4.78 is 0. The van der Waals surface area contributed by atoms with Gasteiger partial charge in [0.05, 0.1) is 6.07 Å². The van der Waals surface area contributed by atoms with Crippen molar-refractivity contribution in [1.29, 1.82) is 5.26 Å². The maximum Gasteiger partial charge on any atom is 0.115 e. The van der Waals surface area contributed by atoms with Crippen LogP contribution >= 0.6 is 0 Å². The van der Waals surface area contributed by atoms with E-state index in [1.54, 1.807) is 0 Å². The molecule has 0 aromatic heterocycles. The highest BCUT2D eigenvalue weighted by Gasteiger charge is 2.53. The van der Waals surface area contributed by atoms with Crippen molar-refractivity contribution in [2.75, 3.05) is 13.1 Å². The average Bonchev–Trinajstić information content (AvgIpc) is 2.56. The highest BCUT2D eigenvalue weighted by Crippen LogP contribution is 2.56. The maximum atomic E-state index is 9.93. The first-order valence-electron chi connectivity index (χ1n) is 9.18. The van der Waals surface area contributed by atoms with Crippen LogP contribution in [0.1, 0.15) is 56.1 Å². The first-order valence-corrected chi connectivity index (χ1v) is 9.18. The predicted molar refractivity (Wildman–Crippen MR) is 90.3 cm³/mol. The maximum absolute atomic E-state index is 9.93. The quantitative estimate of drug-likeness (QED) is 0.865. The Balaban J connectivity index is 1.69. The number of likely N-dealkylation sites (tertiary alicyclic amines) is 1. The zero-order valence-electron chi connectivity index (χ0n) is 13.8. The van der Waals surface area contributed by atoms with Crippen molar-refractivity contribution < 1.29 is 5.11 Å². The highest BCUT2D eigenvalue weighted by molar-refractivity contribution is 5.44. The Bertz CT molecular complexity index is 635. The van der Waals surface area contributed by atoms with E-state index in [0.717, 1.165) is 25.3 Å². The van der Waals surface area contributed by atoms with Crippen molar-refractivity contribution in [3.8, 4) is 11.8 Å². The predicted octanol–water partition coefficient (Wildman–Crippen LogP) is 3.75. The Morgan fingerprint density at radius 3 is 3.09 bits per heavy atom. The van der Waals surface area contributed by atoms with Crippen LogP contribution in [0.4, 0.5) is 0 Å². The number of hydrogen-bond acceptors (Lipinski definition) is 3. The van der Waals surface area contributed by atoms with E-state index in [4.69, 9.17) is 5.26 Å². The monoisotopic (exact) mass is 310 g/mol. The Kier molecular flexibility index (Phi) is 3.81. The lowest BCUT2D eigenvalue weighted by Crippen LogP contribution is -2.60. The van der Waals surface area contributed by atoms with Gasteiger partial charge in [-0.15, -0.1) is 0 Å². The van der Waals surface area contributed by atoms with Crippen molar-refractivity contribution in [3.05, 3.63) is 29.3 Å². The van der Waals surface area contributed by atoms with Gasteiger partial charge in [0.15, 0.2) is 0 Å². The summed E-state index contributed by atoms with van der Waals surface area (Å²) in [5.74, 6) is 1.17. The van der Waals surface area contributed by atoms with Gasteiger partial charge < -0.3 is 5.11 Å². The molecule has 0 radical (unpaired) electrons. The van der Waals surface area contributed by atoms with E-state index in [1.165, 1.54) is 49.8 Å². The molecule has 1 aromatic carbocycles. The highest BCUT2D eigenvalue weighted by atomic mass is 16.3. The van der Waals surface area contributed by atoms with Gasteiger partial charge in [-0.25, -0.2) is 0 Å². The molecule has 1 N–H and O–H groups in total. The molecule has 0 amide bonds. The fourth-order valence-corrected chi connectivity index (χ4v) is 5.74. The molecular weight excluding hydrogens is 284 g/mol. The van der Waals surface area contributed by atoms with E-state index in [1.807, 2.05) is 12.1 Å². The lowest BCUT2D eigenvalue weighted by molar-refractivity contribution is -0.0115. The van der Waals surface area contributed by atoms with Gasteiger partial charge in [0.25, 0.3) is 0 Å². The fraction of sp³-hybridized carbons (Fsp3) is 0.650. The Morgan fingerprint density at radius 1 is 1.30 bits per heavy atom. The topological polar surface area (TPSA) is 47.3 Å². The second-order valence-electron chi connectivity index (χ2n) is 7.67. The second kappa shape index (κ2) is 5.83. The molecule has 23 heavy (non-hydrogen) atoms. The van der Waals surface area contributed by atoms with Gasteiger partial charge >= 0.3 is 0 Å². The number of aromatic hydroxyl groups is 1. The van der Waals surface area contributed by atoms with Crippen LogP contribution in [0.15, 0.2) is 18.2 Å². The van der Waals surface area contributed by atoms with Crippen LogP contribution in [-0.2, 0) is 11.8 Å². The van der Waals surface area contributed by atoms with Crippen LogP contribution in [0.5, 0.6) is 5.75 Å². The molecule has 3 heteroatoms. The number of piperidine rings is 1. The van der Waals surface area contributed by atoms with Crippen molar-refractivity contribution >= 4 is 0 Å². The number of hydrogen-bond donors (Lipinski definition) is 1. The van der Waals surface area contributed by atoms with E-state index in [2.05, 4.69) is 17.0 Å². The molecule has 1 aliphatic heterocycles. The van der Waals surface area contributed by atoms with E-state index in [9.17, 15) is 5.11 Å². The normalized spacial score (nSPS) is 32.7. The lowest BCUT2D eigenvalue weighted by Gasteiger charge is -2.59. The number of rotatable bonds is 3. The summed E-state index contributed by atoms with van der Waals surface area (Å²) >= 11 is 0. The SMILES string of the molecule is N#CCCCN1CCC23CCCC[C@H]2[C@H]1Cc1cc(O)ccc13. The molecule has 2 bridgehead atoms. The lowest BCUT2D eigenvalue weighted by atomic mass is 9.52. The summed E-state index contributed by atoms with van der Waals surface area (Å²) in [6.07, 6.45) is 9.34. The molecule has 1 unspecified atom stereocenters. The summed E-state index contributed by atoms with van der Waals surface area (Å²) in [6, 6.07) is 9.00. The molecule has 3 nitrogen and oxygen atoms in total. The van der Waals surface area contributed by atoms with Gasteiger partial charge in [-0.2, -0.15) is 5.26 Å². The zero-order valence-corrected chi connectivity index (χ0v) is 13.8. The molecule has 4 rings (SSSR count). The van der Waals surface area contributed by atoms with Crippen LogP contribution in [0.25, 0.3) is 0 Å². The molecular formula is C20H26N2O. The third-order valence-corrected chi connectivity index (χ3v) is 6.66. The van der Waals surface area contributed by atoms with Crippen molar-refractivity contribution in [2.45, 2.75) is 62.8 Å². The summed E-state index contributed by atoms with van der Waals surface area (Å²) in [6.45, 7) is 2.23. The largest absolute Gasteiger partial charge is 0.508 e. The number of nitriles is 1. The van der Waals surface area contributed by atoms with Crippen molar-refractivity contribution in [3.63, 3.8) is 0 Å². The number of nitrogens with zero attached hydrogens (tertiary/aromatic N) is 2. The standard InChI is InChI=1S/C20H26N2O/c21-10-3-4-11-22-12-9-20-8-2-1-5-18(20)19(22)14-15-13-16(23)6-7-17(15)20/h6-7,13,18-19,23H,1-5,8-9,11-12,14H2/t18-,19+,20?/m0/s1. The van der Waals surface area contributed by atoms with Crippen molar-refractivity contribution in [2.24, 2.45) is 5.92 Å². The van der Waals surface area contributed by atoms with E-state index < -0.39 is 0 Å². The first kappa shape index (κ1) is 15.0. The van der Waals surface area contributed by atoms with E-state index in [-0.39, 0.29) is 0 Å². The molecule has 1 saturated carbocycles. The number of fused-ring (bicyclic) bond motifs is 1. The molecule has 1 aromatic rings. The van der Waals surface area contributed by atoms with E-state index >= 15 is 0 Å². The van der Waals surface area contributed by atoms with E-state index in [0.29, 0.717) is 23.6 Å². The zero-order chi connectivity index (χ0) is 15.9. The first-order chi connectivity index (χ1) is 11.2. The molecule has 3 atom stereocenters. The smallest absolute Gasteiger partial charge is 0.115 e. The second-order valence-corrected chi connectivity index (χ2v) is 7.67. The molecule has 1 saturated heterocycles. The Labute approximate surface area is 138 Å². The molecule has 0 spiro atoms. The summed E-state index contributed by atoms with van der Waals surface area (Å²) in [7, 11) is 0.